The Balaban J connectivity index is 2.14. The summed E-state index contributed by atoms with van der Waals surface area (Å²) < 4.78 is 44.6. The summed E-state index contributed by atoms with van der Waals surface area (Å²) in [6.07, 6.45) is -4.36. The van der Waals surface area contributed by atoms with Crippen LogP contribution in [0.2, 0.25) is 0 Å². The molecular formula is C14H16F3N3O3. The van der Waals surface area contributed by atoms with E-state index >= 15 is 0 Å². The fourth-order valence-electron chi connectivity index (χ4n) is 2.00. The van der Waals surface area contributed by atoms with Gasteiger partial charge in [0.1, 0.15) is 5.76 Å². The predicted molar refractivity (Wildman–Crippen MR) is 74.5 cm³/mol. The molecule has 23 heavy (non-hydrogen) atoms. The fourth-order valence-corrected chi connectivity index (χ4v) is 2.00. The summed E-state index contributed by atoms with van der Waals surface area (Å²) in [5.41, 5.74) is -1.28. The lowest BCUT2D eigenvalue weighted by atomic mass is 9.96. The molecule has 2 rings (SSSR count). The molecule has 0 aliphatic heterocycles. The summed E-state index contributed by atoms with van der Waals surface area (Å²) in [6, 6.07) is 2.85. The predicted octanol–water partition coefficient (Wildman–Crippen LogP) is 2.11. The Morgan fingerprint density at radius 3 is 2.57 bits per heavy atom. The number of nitrogens with zero attached hydrogens (tertiary/aromatic N) is 2. The van der Waals surface area contributed by atoms with E-state index in [1.165, 1.54) is 18.3 Å². The van der Waals surface area contributed by atoms with Crippen molar-refractivity contribution in [3.63, 3.8) is 0 Å². The number of aliphatic hydroxyl groups is 1. The number of amides is 1. The molecule has 0 bridgehead atoms. The molecule has 1 amide bonds. The number of aromatic nitrogens is 2. The Hall–Kier alpha value is -2.29. The molecule has 0 aromatic carbocycles. The number of halogens is 3. The van der Waals surface area contributed by atoms with Crippen LogP contribution in [0.1, 0.15) is 24.4 Å². The highest BCUT2D eigenvalue weighted by molar-refractivity contribution is 5.92. The average Bonchev–Trinajstić information content (AvgIpc) is 3.04. The molecule has 2 heterocycles. The summed E-state index contributed by atoms with van der Waals surface area (Å²) in [7, 11) is 1.71. The van der Waals surface area contributed by atoms with Crippen molar-refractivity contribution in [3.8, 4) is 11.3 Å². The van der Waals surface area contributed by atoms with Crippen molar-refractivity contribution in [2.45, 2.75) is 31.7 Å². The molecule has 0 saturated heterocycles. The van der Waals surface area contributed by atoms with E-state index in [1.54, 1.807) is 17.9 Å². The molecule has 0 radical (unpaired) electrons. The number of aryl methyl sites for hydroxylation is 1. The van der Waals surface area contributed by atoms with Gasteiger partial charge in [0.15, 0.2) is 11.9 Å². The van der Waals surface area contributed by atoms with Crippen LogP contribution in [0.5, 0.6) is 0 Å². The summed E-state index contributed by atoms with van der Waals surface area (Å²) in [5, 5.41) is 15.4. The first-order chi connectivity index (χ1) is 10.5. The summed E-state index contributed by atoms with van der Waals surface area (Å²) >= 11 is 0. The molecule has 126 valence electrons. The third-order valence-corrected chi connectivity index (χ3v) is 3.25. The minimum absolute atomic E-state index is 0.161. The Labute approximate surface area is 129 Å². The van der Waals surface area contributed by atoms with Crippen LogP contribution in [0.4, 0.5) is 13.2 Å². The van der Waals surface area contributed by atoms with Gasteiger partial charge in [0, 0.05) is 13.2 Å². The highest BCUT2D eigenvalue weighted by Gasteiger charge is 2.48. The van der Waals surface area contributed by atoms with Gasteiger partial charge in [-0.3, -0.25) is 9.48 Å². The van der Waals surface area contributed by atoms with Gasteiger partial charge < -0.3 is 14.8 Å². The quantitative estimate of drug-likeness (QED) is 0.899. The monoisotopic (exact) mass is 331 g/mol. The molecule has 0 aliphatic carbocycles. The number of nitrogens with one attached hydrogen (secondary N) is 1. The number of aliphatic hydroxyl groups excluding tert-OH is 1. The maximum absolute atomic E-state index is 12.6. The first-order valence-electron chi connectivity index (χ1n) is 6.67. The van der Waals surface area contributed by atoms with Crippen molar-refractivity contribution < 1.29 is 27.5 Å². The van der Waals surface area contributed by atoms with E-state index in [-0.39, 0.29) is 5.76 Å². The molecule has 6 nitrogen and oxygen atoms in total. The first-order valence-corrected chi connectivity index (χ1v) is 6.67. The lowest BCUT2D eigenvalue weighted by Gasteiger charge is -2.32. The molecular weight excluding hydrogens is 315 g/mol. The van der Waals surface area contributed by atoms with Crippen LogP contribution in [0.15, 0.2) is 28.9 Å². The van der Waals surface area contributed by atoms with Crippen LogP contribution in [-0.2, 0) is 7.05 Å². The molecule has 0 aliphatic rings. The Morgan fingerprint density at radius 2 is 2.04 bits per heavy atom. The number of carbonyl (C=O) groups is 1. The summed E-state index contributed by atoms with van der Waals surface area (Å²) in [5.74, 6) is -0.655. The van der Waals surface area contributed by atoms with Crippen molar-refractivity contribution >= 4 is 5.91 Å². The zero-order valence-corrected chi connectivity index (χ0v) is 12.7. The van der Waals surface area contributed by atoms with E-state index in [9.17, 15) is 23.1 Å². The number of furan rings is 1. The fraction of sp³-hybridized carbons (Fsp3) is 0.429. The maximum atomic E-state index is 12.6. The van der Waals surface area contributed by atoms with Crippen molar-refractivity contribution in [2.24, 2.45) is 7.05 Å². The first kappa shape index (κ1) is 17.1. The normalized spacial score (nSPS) is 13.9. The standard InChI is InChI=1S/C14H16F3N3O3/c1-13(2,12(22)14(15,16)17)19-11(21)10-5-4-9(23-10)8-6-18-20(3)7-8/h4-7,12,22H,1-3H3,(H,19,21). The molecule has 0 fully saturated rings. The zero-order valence-electron chi connectivity index (χ0n) is 12.7. The number of hydrogen-bond acceptors (Lipinski definition) is 4. The van der Waals surface area contributed by atoms with Crippen LogP contribution < -0.4 is 5.32 Å². The van der Waals surface area contributed by atoms with Gasteiger partial charge in [0.2, 0.25) is 0 Å². The average molecular weight is 331 g/mol. The third-order valence-electron chi connectivity index (χ3n) is 3.25. The number of carbonyl (C=O) groups excluding carboxylic acids is 1. The highest BCUT2D eigenvalue weighted by atomic mass is 19.4. The van der Waals surface area contributed by atoms with Crippen LogP contribution >= 0.6 is 0 Å². The largest absolute Gasteiger partial charge is 0.451 e. The summed E-state index contributed by atoms with van der Waals surface area (Å²) in [4.78, 5) is 12.0. The van der Waals surface area contributed by atoms with Crippen LogP contribution in [-0.4, -0.2) is 38.6 Å². The van der Waals surface area contributed by atoms with E-state index in [2.05, 4.69) is 10.4 Å². The van der Waals surface area contributed by atoms with Gasteiger partial charge in [-0.2, -0.15) is 18.3 Å². The van der Waals surface area contributed by atoms with Gasteiger partial charge in [-0.05, 0) is 26.0 Å². The Bertz CT molecular complexity index is 703. The van der Waals surface area contributed by atoms with Crippen LogP contribution in [0.3, 0.4) is 0 Å². The lowest BCUT2D eigenvalue weighted by molar-refractivity contribution is -0.222. The molecule has 2 aromatic heterocycles. The van der Waals surface area contributed by atoms with Crippen LogP contribution in [0.25, 0.3) is 11.3 Å². The maximum Gasteiger partial charge on any atom is 0.416 e. The second-order valence-corrected chi connectivity index (χ2v) is 5.69. The van der Waals surface area contributed by atoms with Gasteiger partial charge in [-0.25, -0.2) is 0 Å². The number of rotatable bonds is 4. The molecule has 0 saturated carbocycles. The second-order valence-electron chi connectivity index (χ2n) is 5.69. The molecule has 1 atom stereocenters. The number of hydrogen-bond donors (Lipinski definition) is 2. The Kier molecular flexibility index (Phi) is 4.25. The van der Waals surface area contributed by atoms with Crippen molar-refractivity contribution in [2.75, 3.05) is 0 Å². The van der Waals surface area contributed by atoms with E-state index < -0.39 is 23.7 Å². The van der Waals surface area contributed by atoms with Crippen molar-refractivity contribution in [1.29, 1.82) is 0 Å². The van der Waals surface area contributed by atoms with Gasteiger partial charge in [-0.15, -0.1) is 0 Å². The van der Waals surface area contributed by atoms with E-state index in [1.807, 2.05) is 0 Å². The molecule has 0 spiro atoms. The topological polar surface area (TPSA) is 80.3 Å². The lowest BCUT2D eigenvalue weighted by Crippen LogP contribution is -2.57. The summed E-state index contributed by atoms with van der Waals surface area (Å²) in [6.45, 7) is 2.15. The SMILES string of the molecule is Cn1cc(-c2ccc(C(=O)NC(C)(C)C(O)C(F)(F)F)o2)cn1. The van der Waals surface area contributed by atoms with E-state index in [4.69, 9.17) is 4.42 Å². The second kappa shape index (κ2) is 5.73. The molecule has 2 aromatic rings. The van der Waals surface area contributed by atoms with Gasteiger partial charge in [0.25, 0.3) is 5.91 Å². The van der Waals surface area contributed by atoms with Crippen molar-refractivity contribution in [3.05, 3.63) is 30.3 Å². The van der Waals surface area contributed by atoms with Gasteiger partial charge in [0.05, 0.1) is 17.3 Å². The highest BCUT2D eigenvalue weighted by Crippen LogP contribution is 2.28. The van der Waals surface area contributed by atoms with Crippen molar-refractivity contribution in [1.82, 2.24) is 15.1 Å². The smallest absolute Gasteiger partial charge is 0.416 e. The number of alkyl halides is 3. The molecule has 2 N–H and O–H groups in total. The van der Waals surface area contributed by atoms with Crippen LogP contribution in [0, 0.1) is 0 Å². The zero-order chi connectivity index (χ0) is 17.4. The molecule has 9 heteroatoms. The van der Waals surface area contributed by atoms with E-state index in [0.717, 1.165) is 13.8 Å². The molecule has 1 unspecified atom stereocenters. The Morgan fingerprint density at radius 1 is 1.39 bits per heavy atom. The third kappa shape index (κ3) is 3.73. The minimum Gasteiger partial charge on any atom is -0.451 e. The minimum atomic E-state index is -4.85. The van der Waals surface area contributed by atoms with Gasteiger partial charge >= 0.3 is 6.18 Å². The van der Waals surface area contributed by atoms with E-state index in [0.29, 0.717) is 11.3 Å². The van der Waals surface area contributed by atoms with Gasteiger partial charge in [-0.1, -0.05) is 0 Å².